The van der Waals surface area contributed by atoms with Gasteiger partial charge in [0.15, 0.2) is 0 Å². The van der Waals surface area contributed by atoms with Gasteiger partial charge in [-0.05, 0) is 62.7 Å². The van der Waals surface area contributed by atoms with E-state index in [4.69, 9.17) is 4.74 Å². The quantitative estimate of drug-likeness (QED) is 0.777. The van der Waals surface area contributed by atoms with Gasteiger partial charge in [-0.3, -0.25) is 14.2 Å². The molecule has 154 valence electrons. The molecular weight excluding hydrogens is 373 g/mol. The van der Waals surface area contributed by atoms with Crippen LogP contribution in [-0.2, 0) is 4.74 Å². The topological polar surface area (TPSA) is 54.8 Å². The summed E-state index contributed by atoms with van der Waals surface area (Å²) in [6.07, 6.45) is 3.38. The normalized spacial score (nSPS) is 19.5. The van der Waals surface area contributed by atoms with E-state index in [0.717, 1.165) is 25.9 Å². The summed E-state index contributed by atoms with van der Waals surface area (Å²) in [5.41, 5.74) is 0.632. The highest BCUT2D eigenvalue weighted by molar-refractivity contribution is 5.95. The molecule has 4 rings (SSSR count). The molecule has 1 aromatic carbocycles. The predicted molar refractivity (Wildman–Crippen MR) is 108 cm³/mol. The molecule has 0 radical (unpaired) electrons. The van der Waals surface area contributed by atoms with Gasteiger partial charge in [0.25, 0.3) is 11.5 Å². The Bertz CT molecular complexity index is 962. The second kappa shape index (κ2) is 7.72. The van der Waals surface area contributed by atoms with E-state index in [0.29, 0.717) is 30.9 Å². The molecule has 0 N–H and O–H groups in total. The van der Waals surface area contributed by atoms with E-state index in [9.17, 15) is 14.0 Å². The van der Waals surface area contributed by atoms with Crippen LogP contribution in [0.5, 0.6) is 0 Å². The predicted octanol–water partition coefficient (Wildman–Crippen LogP) is 2.22. The first kappa shape index (κ1) is 19.8. The number of rotatable bonds is 2. The van der Waals surface area contributed by atoms with Gasteiger partial charge in [-0.2, -0.15) is 0 Å². The van der Waals surface area contributed by atoms with Crippen LogP contribution in [0.2, 0.25) is 0 Å². The lowest BCUT2D eigenvalue weighted by Crippen LogP contribution is -2.58. The van der Waals surface area contributed by atoms with Crippen molar-refractivity contribution in [3.05, 3.63) is 63.8 Å². The number of likely N-dealkylation sites (tertiary alicyclic amines) is 1. The number of carbonyl (C=O) groups excluding carboxylic acids is 1. The van der Waals surface area contributed by atoms with Crippen LogP contribution in [0, 0.1) is 12.7 Å². The minimum absolute atomic E-state index is 0.168. The minimum atomic E-state index is -0.384. The molecule has 29 heavy (non-hydrogen) atoms. The van der Waals surface area contributed by atoms with E-state index >= 15 is 0 Å². The number of ether oxygens (including phenoxy) is 1. The third-order valence-electron chi connectivity index (χ3n) is 6.05. The van der Waals surface area contributed by atoms with Crippen LogP contribution >= 0.6 is 0 Å². The van der Waals surface area contributed by atoms with Gasteiger partial charge < -0.3 is 14.5 Å². The third kappa shape index (κ3) is 3.84. The summed E-state index contributed by atoms with van der Waals surface area (Å²) in [6.45, 7) is 5.10. The second-order valence-electron chi connectivity index (χ2n) is 8.09. The fourth-order valence-electron chi connectivity index (χ4n) is 4.20. The van der Waals surface area contributed by atoms with Gasteiger partial charge in [-0.1, -0.05) is 0 Å². The smallest absolute Gasteiger partial charge is 0.268 e. The van der Waals surface area contributed by atoms with Crippen molar-refractivity contribution in [1.82, 2.24) is 14.4 Å². The zero-order chi connectivity index (χ0) is 20.6. The number of pyridine rings is 1. The standard InChI is InChI=1S/C22H26FN3O3/c1-16-7-10-26(18-5-3-17(23)4-6-18)21(28)19(16)20(27)25-13-14-29-22(15-25)8-11-24(2)12-9-22/h3-7,10H,8-9,11-15H2,1-2H3. The Morgan fingerprint density at radius 1 is 1.10 bits per heavy atom. The second-order valence-corrected chi connectivity index (χ2v) is 8.09. The Hall–Kier alpha value is -2.51. The molecule has 0 saturated carbocycles. The van der Waals surface area contributed by atoms with Crippen molar-refractivity contribution in [2.75, 3.05) is 39.8 Å². The molecular formula is C22H26FN3O3. The molecule has 0 unspecified atom stereocenters. The average molecular weight is 399 g/mol. The molecule has 2 fully saturated rings. The maximum atomic E-state index is 13.4. The lowest BCUT2D eigenvalue weighted by Gasteiger charge is -2.46. The number of halogens is 1. The largest absolute Gasteiger partial charge is 0.371 e. The maximum Gasteiger partial charge on any atom is 0.268 e. The zero-order valence-corrected chi connectivity index (χ0v) is 16.9. The number of hydrogen-bond acceptors (Lipinski definition) is 4. The van der Waals surface area contributed by atoms with Gasteiger partial charge in [0, 0.05) is 31.5 Å². The van der Waals surface area contributed by atoms with Crippen LogP contribution in [0.1, 0.15) is 28.8 Å². The number of morpholine rings is 1. The van der Waals surface area contributed by atoms with Crippen molar-refractivity contribution in [3.8, 4) is 5.69 Å². The number of aromatic nitrogens is 1. The fraction of sp³-hybridized carbons (Fsp3) is 0.455. The maximum absolute atomic E-state index is 13.4. The number of benzene rings is 1. The van der Waals surface area contributed by atoms with Crippen LogP contribution in [0.4, 0.5) is 4.39 Å². The van der Waals surface area contributed by atoms with Gasteiger partial charge in [-0.15, -0.1) is 0 Å². The van der Waals surface area contributed by atoms with Crippen LogP contribution in [-0.4, -0.2) is 65.7 Å². The number of amides is 1. The van der Waals surface area contributed by atoms with Crippen molar-refractivity contribution in [1.29, 1.82) is 0 Å². The molecule has 6 nitrogen and oxygen atoms in total. The summed E-state index contributed by atoms with van der Waals surface area (Å²) in [6, 6.07) is 7.42. The molecule has 0 atom stereocenters. The summed E-state index contributed by atoms with van der Waals surface area (Å²) in [7, 11) is 2.09. The van der Waals surface area contributed by atoms with Crippen LogP contribution in [0.25, 0.3) is 5.69 Å². The minimum Gasteiger partial charge on any atom is -0.371 e. The molecule has 2 saturated heterocycles. The fourth-order valence-corrected chi connectivity index (χ4v) is 4.20. The van der Waals surface area contributed by atoms with E-state index in [1.54, 1.807) is 24.1 Å². The molecule has 1 aromatic heterocycles. The number of piperidine rings is 1. The number of carbonyl (C=O) groups is 1. The van der Waals surface area contributed by atoms with Crippen molar-refractivity contribution in [2.24, 2.45) is 0 Å². The summed E-state index contributed by atoms with van der Waals surface area (Å²) >= 11 is 0. The van der Waals surface area contributed by atoms with Crippen molar-refractivity contribution >= 4 is 5.91 Å². The molecule has 3 heterocycles. The summed E-state index contributed by atoms with van der Waals surface area (Å²) in [5, 5.41) is 0. The van der Waals surface area contributed by atoms with Gasteiger partial charge >= 0.3 is 0 Å². The lowest BCUT2D eigenvalue weighted by molar-refractivity contribution is -0.125. The molecule has 2 aliphatic heterocycles. The number of aryl methyl sites for hydroxylation is 1. The molecule has 2 aromatic rings. The lowest BCUT2D eigenvalue weighted by atomic mass is 9.89. The Morgan fingerprint density at radius 3 is 2.48 bits per heavy atom. The average Bonchev–Trinajstić information content (AvgIpc) is 2.72. The Morgan fingerprint density at radius 2 is 1.79 bits per heavy atom. The Kier molecular flexibility index (Phi) is 5.27. The first-order valence-corrected chi connectivity index (χ1v) is 9.99. The van der Waals surface area contributed by atoms with Crippen LogP contribution < -0.4 is 5.56 Å². The van der Waals surface area contributed by atoms with E-state index in [1.165, 1.54) is 28.8 Å². The molecule has 0 aliphatic carbocycles. The Labute approximate surface area is 169 Å². The van der Waals surface area contributed by atoms with Gasteiger partial charge in [0.1, 0.15) is 11.4 Å². The molecule has 2 aliphatic rings. The molecule has 1 amide bonds. The zero-order valence-electron chi connectivity index (χ0n) is 16.9. The van der Waals surface area contributed by atoms with Crippen molar-refractivity contribution in [2.45, 2.75) is 25.4 Å². The molecule has 7 heteroatoms. The first-order chi connectivity index (χ1) is 13.9. The van der Waals surface area contributed by atoms with Gasteiger partial charge in [0.05, 0.1) is 18.8 Å². The summed E-state index contributed by atoms with van der Waals surface area (Å²) < 4.78 is 20.7. The van der Waals surface area contributed by atoms with Crippen molar-refractivity contribution < 1.29 is 13.9 Å². The molecule has 1 spiro atoms. The van der Waals surface area contributed by atoms with E-state index in [1.807, 2.05) is 0 Å². The summed E-state index contributed by atoms with van der Waals surface area (Å²) in [4.78, 5) is 30.5. The Balaban J connectivity index is 1.64. The SMILES string of the molecule is Cc1ccn(-c2ccc(F)cc2)c(=O)c1C(=O)N1CCOC2(CCN(C)CC2)C1. The van der Waals surface area contributed by atoms with Gasteiger partial charge in [0.2, 0.25) is 0 Å². The monoisotopic (exact) mass is 399 g/mol. The van der Waals surface area contributed by atoms with E-state index < -0.39 is 0 Å². The highest BCUT2D eigenvalue weighted by Gasteiger charge is 2.41. The van der Waals surface area contributed by atoms with Crippen LogP contribution in [0.15, 0.2) is 41.3 Å². The molecule has 0 bridgehead atoms. The highest BCUT2D eigenvalue weighted by Crippen LogP contribution is 2.30. The first-order valence-electron chi connectivity index (χ1n) is 9.99. The van der Waals surface area contributed by atoms with E-state index in [2.05, 4.69) is 11.9 Å². The summed E-state index contributed by atoms with van der Waals surface area (Å²) in [5.74, 6) is -0.632. The third-order valence-corrected chi connectivity index (χ3v) is 6.05. The van der Waals surface area contributed by atoms with Crippen LogP contribution in [0.3, 0.4) is 0 Å². The highest BCUT2D eigenvalue weighted by atomic mass is 19.1. The van der Waals surface area contributed by atoms with E-state index in [-0.39, 0.29) is 28.4 Å². The van der Waals surface area contributed by atoms with Gasteiger partial charge in [-0.25, -0.2) is 4.39 Å². The number of nitrogens with zero attached hydrogens (tertiary/aromatic N) is 3. The number of hydrogen-bond donors (Lipinski definition) is 0. The van der Waals surface area contributed by atoms with Crippen molar-refractivity contribution in [3.63, 3.8) is 0 Å².